The van der Waals surface area contributed by atoms with Crippen LogP contribution in [0, 0.1) is 5.41 Å². The molecule has 0 aliphatic rings. The van der Waals surface area contributed by atoms with Gasteiger partial charge in [-0.05, 0) is 44.0 Å². The summed E-state index contributed by atoms with van der Waals surface area (Å²) in [7, 11) is 1.58. The minimum absolute atomic E-state index is 0.435. The van der Waals surface area contributed by atoms with Crippen LogP contribution in [0.25, 0.3) is 0 Å². The summed E-state index contributed by atoms with van der Waals surface area (Å²) in [5, 5.41) is 9.08. The minimum atomic E-state index is -0.811. The number of hydrogen-bond donors (Lipinski definition) is 1. The Balaban J connectivity index is 3.04. The van der Waals surface area contributed by atoms with Crippen molar-refractivity contribution in [3.63, 3.8) is 0 Å². The van der Waals surface area contributed by atoms with E-state index in [1.54, 1.807) is 21.0 Å². The van der Waals surface area contributed by atoms with E-state index >= 15 is 0 Å². The molecule has 0 unspecified atom stereocenters. The number of carboxylic acids is 1. The van der Waals surface area contributed by atoms with Gasteiger partial charge in [0.1, 0.15) is 5.75 Å². The zero-order valence-electron chi connectivity index (χ0n) is 9.58. The molecule has 0 saturated heterocycles. The number of halogens is 1. The van der Waals surface area contributed by atoms with Crippen molar-refractivity contribution in [2.24, 2.45) is 5.41 Å². The van der Waals surface area contributed by atoms with Gasteiger partial charge in [-0.3, -0.25) is 4.79 Å². The molecule has 0 amide bonds. The number of benzene rings is 1. The Kier molecular flexibility index (Phi) is 3.97. The number of hydrogen-bond acceptors (Lipinski definition) is 2. The quantitative estimate of drug-likeness (QED) is 0.925. The van der Waals surface area contributed by atoms with Gasteiger partial charge in [-0.2, -0.15) is 0 Å². The fourth-order valence-electron chi connectivity index (χ4n) is 1.44. The van der Waals surface area contributed by atoms with Gasteiger partial charge in [0.25, 0.3) is 0 Å². The fourth-order valence-corrected chi connectivity index (χ4v) is 1.85. The second-order valence-corrected chi connectivity index (χ2v) is 5.24. The van der Waals surface area contributed by atoms with Crippen molar-refractivity contribution in [3.8, 4) is 5.75 Å². The lowest BCUT2D eigenvalue weighted by atomic mass is 9.85. The van der Waals surface area contributed by atoms with Gasteiger partial charge in [0, 0.05) is 4.47 Å². The van der Waals surface area contributed by atoms with Crippen LogP contribution < -0.4 is 4.74 Å². The molecule has 0 heterocycles. The molecule has 1 rings (SSSR count). The Hall–Kier alpha value is -1.03. The molecule has 0 radical (unpaired) electrons. The lowest BCUT2D eigenvalue weighted by molar-refractivity contribution is -0.146. The first-order valence-corrected chi connectivity index (χ1v) is 5.72. The molecular formula is C12H15BrO3. The average molecular weight is 287 g/mol. The number of carboxylic acid groups (broad SMARTS) is 1. The van der Waals surface area contributed by atoms with Crippen LogP contribution in [0.5, 0.6) is 5.75 Å². The molecule has 0 aliphatic carbocycles. The summed E-state index contributed by atoms with van der Waals surface area (Å²) in [5.74, 6) is -0.0907. The third kappa shape index (κ3) is 2.98. The van der Waals surface area contributed by atoms with Crippen molar-refractivity contribution in [1.82, 2.24) is 0 Å². The lowest BCUT2D eigenvalue weighted by Gasteiger charge is -2.20. The highest BCUT2D eigenvalue weighted by Crippen LogP contribution is 2.30. The molecule has 0 aromatic heterocycles. The van der Waals surface area contributed by atoms with Gasteiger partial charge in [-0.25, -0.2) is 0 Å². The standard InChI is InChI=1S/C12H15BrO3/c1-12(2,11(14)15)7-8-6-9(13)4-5-10(8)16-3/h4-6H,7H2,1-3H3,(H,14,15). The van der Waals surface area contributed by atoms with Crippen LogP contribution in [0.2, 0.25) is 0 Å². The zero-order chi connectivity index (χ0) is 12.3. The largest absolute Gasteiger partial charge is 0.496 e. The maximum Gasteiger partial charge on any atom is 0.309 e. The lowest BCUT2D eigenvalue weighted by Crippen LogP contribution is -2.26. The predicted molar refractivity (Wildman–Crippen MR) is 65.8 cm³/mol. The first-order chi connectivity index (χ1) is 7.36. The SMILES string of the molecule is COc1ccc(Br)cc1CC(C)(C)C(=O)O. The molecule has 1 N–H and O–H groups in total. The highest BCUT2D eigenvalue weighted by atomic mass is 79.9. The van der Waals surface area contributed by atoms with E-state index in [0.717, 1.165) is 15.8 Å². The summed E-state index contributed by atoms with van der Waals surface area (Å²) in [5.41, 5.74) is 0.0953. The summed E-state index contributed by atoms with van der Waals surface area (Å²) < 4.78 is 6.13. The van der Waals surface area contributed by atoms with Gasteiger partial charge in [-0.1, -0.05) is 15.9 Å². The number of rotatable bonds is 4. The summed E-state index contributed by atoms with van der Waals surface area (Å²) in [6, 6.07) is 5.59. The molecule has 0 bridgehead atoms. The molecule has 0 aliphatic heterocycles. The van der Waals surface area contributed by atoms with Crippen LogP contribution >= 0.6 is 15.9 Å². The smallest absolute Gasteiger partial charge is 0.309 e. The Morgan fingerprint density at radius 2 is 2.12 bits per heavy atom. The molecule has 3 nitrogen and oxygen atoms in total. The van der Waals surface area contributed by atoms with Crippen molar-refractivity contribution >= 4 is 21.9 Å². The monoisotopic (exact) mass is 286 g/mol. The zero-order valence-corrected chi connectivity index (χ0v) is 11.2. The van der Waals surface area contributed by atoms with Gasteiger partial charge in [-0.15, -0.1) is 0 Å². The summed E-state index contributed by atoms with van der Waals surface area (Å²) >= 11 is 3.37. The van der Waals surface area contributed by atoms with Crippen molar-refractivity contribution in [2.45, 2.75) is 20.3 Å². The third-order valence-electron chi connectivity index (χ3n) is 2.45. The van der Waals surface area contributed by atoms with E-state index in [9.17, 15) is 4.79 Å². The second kappa shape index (κ2) is 4.87. The van der Waals surface area contributed by atoms with Gasteiger partial charge < -0.3 is 9.84 Å². The number of methoxy groups -OCH3 is 1. The first-order valence-electron chi connectivity index (χ1n) is 4.92. The first kappa shape index (κ1) is 13.0. The van der Waals surface area contributed by atoms with Crippen LogP contribution in [-0.2, 0) is 11.2 Å². The Morgan fingerprint density at radius 3 is 2.62 bits per heavy atom. The predicted octanol–water partition coefficient (Wildman–Crippen LogP) is 3.11. The second-order valence-electron chi connectivity index (χ2n) is 4.32. The number of carbonyl (C=O) groups is 1. The van der Waals surface area contributed by atoms with E-state index in [1.807, 2.05) is 18.2 Å². The normalized spacial score (nSPS) is 11.2. The van der Waals surface area contributed by atoms with E-state index in [-0.39, 0.29) is 0 Å². The van der Waals surface area contributed by atoms with Gasteiger partial charge in [0.2, 0.25) is 0 Å². The Labute approximate surface area is 104 Å². The maximum atomic E-state index is 11.1. The molecule has 0 fully saturated rings. The highest BCUT2D eigenvalue weighted by Gasteiger charge is 2.28. The Morgan fingerprint density at radius 1 is 1.50 bits per heavy atom. The molecule has 1 aromatic carbocycles. The molecular weight excluding hydrogens is 272 g/mol. The van der Waals surface area contributed by atoms with E-state index < -0.39 is 11.4 Å². The van der Waals surface area contributed by atoms with Crippen LogP contribution in [0.3, 0.4) is 0 Å². The average Bonchev–Trinajstić information content (AvgIpc) is 2.17. The topological polar surface area (TPSA) is 46.5 Å². The van der Waals surface area contributed by atoms with E-state index in [4.69, 9.17) is 9.84 Å². The molecule has 0 saturated carbocycles. The molecule has 1 aromatic rings. The number of aliphatic carboxylic acids is 1. The van der Waals surface area contributed by atoms with Gasteiger partial charge in [0.05, 0.1) is 12.5 Å². The van der Waals surface area contributed by atoms with Crippen LogP contribution in [-0.4, -0.2) is 18.2 Å². The molecule has 88 valence electrons. The maximum absolute atomic E-state index is 11.1. The summed E-state index contributed by atoms with van der Waals surface area (Å²) in [6.45, 7) is 3.41. The third-order valence-corrected chi connectivity index (χ3v) is 2.95. The molecule has 0 spiro atoms. The minimum Gasteiger partial charge on any atom is -0.496 e. The van der Waals surface area contributed by atoms with Gasteiger partial charge in [0.15, 0.2) is 0 Å². The fraction of sp³-hybridized carbons (Fsp3) is 0.417. The van der Waals surface area contributed by atoms with Crippen molar-refractivity contribution in [1.29, 1.82) is 0 Å². The van der Waals surface area contributed by atoms with E-state index in [0.29, 0.717) is 6.42 Å². The summed E-state index contributed by atoms with van der Waals surface area (Å²) in [6.07, 6.45) is 0.435. The van der Waals surface area contributed by atoms with Crippen molar-refractivity contribution < 1.29 is 14.6 Å². The number of ether oxygens (including phenoxy) is 1. The highest BCUT2D eigenvalue weighted by molar-refractivity contribution is 9.10. The van der Waals surface area contributed by atoms with Crippen LogP contribution in [0.4, 0.5) is 0 Å². The summed E-state index contributed by atoms with van der Waals surface area (Å²) in [4.78, 5) is 11.1. The molecule has 16 heavy (non-hydrogen) atoms. The van der Waals surface area contributed by atoms with Crippen LogP contribution in [0.1, 0.15) is 19.4 Å². The molecule has 4 heteroatoms. The van der Waals surface area contributed by atoms with E-state index in [1.165, 1.54) is 0 Å². The van der Waals surface area contributed by atoms with Crippen molar-refractivity contribution in [3.05, 3.63) is 28.2 Å². The van der Waals surface area contributed by atoms with Gasteiger partial charge >= 0.3 is 5.97 Å². The van der Waals surface area contributed by atoms with E-state index in [2.05, 4.69) is 15.9 Å². The van der Waals surface area contributed by atoms with Crippen molar-refractivity contribution in [2.75, 3.05) is 7.11 Å². The Bertz CT molecular complexity index is 399. The molecule has 0 atom stereocenters. The van der Waals surface area contributed by atoms with Crippen LogP contribution in [0.15, 0.2) is 22.7 Å².